The molecule has 12 heteroatoms. The Hall–Kier alpha value is -1.88. The minimum Gasteiger partial charge on any atom is -0.779 e. The third kappa shape index (κ3) is 3.88. The van der Waals surface area contributed by atoms with Gasteiger partial charge in [0.1, 0.15) is 32.2 Å². The fourth-order valence-electron chi connectivity index (χ4n) is 3.00. The van der Waals surface area contributed by atoms with Gasteiger partial charge >= 0.3 is 0 Å². The summed E-state index contributed by atoms with van der Waals surface area (Å²) in [5.41, 5.74) is -0.0826. The van der Waals surface area contributed by atoms with Gasteiger partial charge in [0.05, 0.1) is 12.9 Å². The standard InChI is InChI=1S/C15H21N4O7P/c1-4-5-18-7-17-13-10(14(18)21)16-8-19(13)15-11(20)12(26-27(3,22)23)9(25-15)6-24-2/h4,7-9,11-12,15,20H,1,5-6H2,2-3H3,(H,22,23)/p-1/t9-,11?,12+,15-/m1/s1. The van der Waals surface area contributed by atoms with Crippen molar-refractivity contribution in [1.29, 1.82) is 0 Å². The van der Waals surface area contributed by atoms with Crippen molar-refractivity contribution in [1.82, 2.24) is 19.1 Å². The molecule has 1 aliphatic rings. The predicted octanol–water partition coefficient (Wildman–Crippen LogP) is -0.748. The van der Waals surface area contributed by atoms with Gasteiger partial charge in [-0.15, -0.1) is 6.58 Å². The number of aromatic nitrogens is 4. The number of rotatable bonds is 7. The molecule has 5 atom stereocenters. The second kappa shape index (κ2) is 7.63. The van der Waals surface area contributed by atoms with Crippen LogP contribution in [0.5, 0.6) is 0 Å². The third-order valence-corrected chi connectivity index (χ3v) is 4.73. The summed E-state index contributed by atoms with van der Waals surface area (Å²) in [6.45, 7) is 4.77. The number of hydrogen-bond acceptors (Lipinski definition) is 9. The minimum absolute atomic E-state index is 0.00439. The van der Waals surface area contributed by atoms with E-state index in [9.17, 15) is 19.4 Å². The van der Waals surface area contributed by atoms with Gasteiger partial charge in [0.15, 0.2) is 17.4 Å². The first-order chi connectivity index (χ1) is 12.8. The molecule has 3 rings (SSSR count). The molecule has 0 aliphatic carbocycles. The summed E-state index contributed by atoms with van der Waals surface area (Å²) < 4.78 is 30.0. The van der Waals surface area contributed by atoms with E-state index < -0.39 is 32.1 Å². The van der Waals surface area contributed by atoms with E-state index in [0.717, 1.165) is 6.66 Å². The van der Waals surface area contributed by atoms with Gasteiger partial charge in [0.25, 0.3) is 5.56 Å². The zero-order chi connectivity index (χ0) is 19.8. The topological polar surface area (TPSA) is 141 Å². The van der Waals surface area contributed by atoms with Crippen LogP contribution < -0.4 is 10.5 Å². The lowest BCUT2D eigenvalue weighted by atomic mass is 10.1. The number of aliphatic hydroxyl groups is 1. The number of aliphatic hydroxyl groups excluding tert-OH is 1. The number of nitrogens with zero attached hydrogens (tertiary/aromatic N) is 4. The Bertz CT molecular complexity index is 936. The van der Waals surface area contributed by atoms with Gasteiger partial charge in [0.2, 0.25) is 0 Å². The number of allylic oxidation sites excluding steroid dienone is 1. The Kier molecular flexibility index (Phi) is 5.61. The first kappa shape index (κ1) is 19.9. The molecular formula is C15H20N4O7P-. The predicted molar refractivity (Wildman–Crippen MR) is 92.2 cm³/mol. The Morgan fingerprint density at radius 1 is 1.48 bits per heavy atom. The maximum Gasteiger partial charge on any atom is 0.281 e. The summed E-state index contributed by atoms with van der Waals surface area (Å²) in [7, 11) is -2.72. The number of imidazole rings is 1. The van der Waals surface area contributed by atoms with Crippen LogP contribution in [0.3, 0.4) is 0 Å². The molecule has 27 heavy (non-hydrogen) atoms. The number of fused-ring (bicyclic) bond motifs is 1. The molecule has 0 radical (unpaired) electrons. The molecule has 148 valence electrons. The van der Waals surface area contributed by atoms with Crippen molar-refractivity contribution in [3.05, 3.63) is 35.7 Å². The molecule has 2 aromatic rings. The summed E-state index contributed by atoms with van der Waals surface area (Å²) in [5, 5.41) is 10.6. The van der Waals surface area contributed by atoms with Gasteiger partial charge in [-0.05, 0) is 0 Å². The lowest BCUT2D eigenvalue weighted by Crippen LogP contribution is -2.36. The average Bonchev–Trinajstić information content (AvgIpc) is 3.13. The van der Waals surface area contributed by atoms with Crippen molar-refractivity contribution in [2.24, 2.45) is 0 Å². The molecule has 0 amide bonds. The monoisotopic (exact) mass is 399 g/mol. The smallest absolute Gasteiger partial charge is 0.281 e. The van der Waals surface area contributed by atoms with E-state index >= 15 is 0 Å². The molecule has 0 saturated carbocycles. The Labute approximate surface area is 154 Å². The fraction of sp³-hybridized carbons (Fsp3) is 0.533. The molecule has 0 bridgehead atoms. The van der Waals surface area contributed by atoms with Crippen LogP contribution in [0.4, 0.5) is 0 Å². The number of methoxy groups -OCH3 is 1. The summed E-state index contributed by atoms with van der Waals surface area (Å²) in [6.07, 6.45) is -0.197. The summed E-state index contributed by atoms with van der Waals surface area (Å²) in [5.74, 6) is 0. The van der Waals surface area contributed by atoms with Crippen LogP contribution in [-0.2, 0) is 25.1 Å². The molecule has 3 heterocycles. The zero-order valence-electron chi connectivity index (χ0n) is 14.8. The zero-order valence-corrected chi connectivity index (χ0v) is 15.7. The summed E-state index contributed by atoms with van der Waals surface area (Å²) >= 11 is 0. The van der Waals surface area contributed by atoms with Gasteiger partial charge in [-0.1, -0.05) is 6.08 Å². The highest BCUT2D eigenvalue weighted by atomic mass is 31.2. The second-order valence-corrected chi connectivity index (χ2v) is 7.92. The molecule has 0 spiro atoms. The van der Waals surface area contributed by atoms with Crippen LogP contribution in [0.1, 0.15) is 6.23 Å². The van der Waals surface area contributed by atoms with Crippen molar-refractivity contribution in [2.75, 3.05) is 20.4 Å². The minimum atomic E-state index is -4.14. The quantitative estimate of drug-likeness (QED) is 0.470. The average molecular weight is 399 g/mol. The van der Waals surface area contributed by atoms with Crippen LogP contribution in [0.15, 0.2) is 30.1 Å². The highest BCUT2D eigenvalue weighted by Gasteiger charge is 2.47. The SMILES string of the molecule is C=CCn1cnc2c(ncn2[C@@H]2O[C@H](COC)[C@H](OP(C)(=O)[O-])C2O)c1=O. The van der Waals surface area contributed by atoms with E-state index in [1.54, 1.807) is 6.08 Å². The Morgan fingerprint density at radius 2 is 2.22 bits per heavy atom. The van der Waals surface area contributed by atoms with Crippen molar-refractivity contribution in [2.45, 2.75) is 31.1 Å². The van der Waals surface area contributed by atoms with Crippen molar-refractivity contribution >= 4 is 18.8 Å². The molecule has 0 aromatic carbocycles. The molecular weight excluding hydrogens is 379 g/mol. The van der Waals surface area contributed by atoms with Gasteiger partial charge in [-0.25, -0.2) is 9.97 Å². The van der Waals surface area contributed by atoms with E-state index in [0.29, 0.717) is 0 Å². The van der Waals surface area contributed by atoms with Crippen LogP contribution in [0.2, 0.25) is 0 Å². The van der Waals surface area contributed by atoms with Gasteiger partial charge in [-0.3, -0.25) is 13.9 Å². The summed E-state index contributed by atoms with van der Waals surface area (Å²) in [4.78, 5) is 32.2. The van der Waals surface area contributed by atoms with Gasteiger partial charge < -0.3 is 28.6 Å². The van der Waals surface area contributed by atoms with Crippen LogP contribution >= 0.6 is 7.60 Å². The Balaban J connectivity index is 1.98. The lowest BCUT2D eigenvalue weighted by Gasteiger charge is -2.27. The van der Waals surface area contributed by atoms with Gasteiger partial charge in [-0.2, -0.15) is 0 Å². The van der Waals surface area contributed by atoms with Crippen LogP contribution in [-0.4, -0.2) is 62.9 Å². The molecule has 1 fully saturated rings. The molecule has 2 aromatic heterocycles. The first-order valence-corrected chi connectivity index (χ1v) is 10.1. The maximum atomic E-state index is 12.4. The van der Waals surface area contributed by atoms with E-state index in [1.807, 2.05) is 0 Å². The van der Waals surface area contributed by atoms with Crippen LogP contribution in [0, 0.1) is 0 Å². The van der Waals surface area contributed by atoms with Crippen LogP contribution in [0.25, 0.3) is 11.2 Å². The van der Waals surface area contributed by atoms with E-state index in [4.69, 9.17) is 14.0 Å². The van der Waals surface area contributed by atoms with E-state index in [-0.39, 0.29) is 29.9 Å². The van der Waals surface area contributed by atoms with E-state index in [2.05, 4.69) is 16.5 Å². The highest BCUT2D eigenvalue weighted by molar-refractivity contribution is 7.50. The van der Waals surface area contributed by atoms with Gasteiger partial charge in [0, 0.05) is 20.3 Å². The largest absolute Gasteiger partial charge is 0.779 e. The second-order valence-electron chi connectivity index (χ2n) is 6.17. The molecule has 1 N–H and O–H groups in total. The molecule has 1 saturated heterocycles. The van der Waals surface area contributed by atoms with Crippen molar-refractivity contribution < 1.29 is 28.6 Å². The number of hydrogen-bond donors (Lipinski definition) is 1. The van der Waals surface area contributed by atoms with Crippen molar-refractivity contribution in [3.8, 4) is 0 Å². The highest BCUT2D eigenvalue weighted by Crippen LogP contribution is 2.41. The lowest BCUT2D eigenvalue weighted by molar-refractivity contribution is -0.204. The molecule has 1 aliphatic heterocycles. The van der Waals surface area contributed by atoms with Crippen molar-refractivity contribution in [3.63, 3.8) is 0 Å². The fourth-order valence-corrected chi connectivity index (χ4v) is 3.70. The van der Waals surface area contributed by atoms with E-state index in [1.165, 1.54) is 28.9 Å². The Morgan fingerprint density at radius 3 is 2.85 bits per heavy atom. The molecule has 11 nitrogen and oxygen atoms in total. The third-order valence-electron chi connectivity index (χ3n) is 4.10. The number of ether oxygens (including phenoxy) is 2. The maximum absolute atomic E-state index is 12.4. The summed E-state index contributed by atoms with van der Waals surface area (Å²) in [6, 6.07) is 0. The normalized spacial score (nSPS) is 27.7. The first-order valence-electron chi connectivity index (χ1n) is 8.09. The molecule has 2 unspecified atom stereocenters.